The minimum Gasteiger partial charge on any atom is -0.391 e. The highest BCUT2D eigenvalue weighted by Gasteiger charge is 2.35. The van der Waals surface area contributed by atoms with Crippen molar-refractivity contribution >= 4 is 0 Å². The van der Waals surface area contributed by atoms with Gasteiger partial charge >= 0.3 is 0 Å². The molecule has 0 bridgehead atoms. The van der Waals surface area contributed by atoms with Gasteiger partial charge in [-0.1, -0.05) is 0 Å². The second-order valence-corrected chi connectivity index (χ2v) is 3.10. The summed E-state index contributed by atoms with van der Waals surface area (Å²) in [5.74, 6) is 0. The molecular weight excluding hydrogens is 114 g/mol. The van der Waals surface area contributed by atoms with Gasteiger partial charge in [-0.15, -0.1) is 0 Å². The lowest BCUT2D eigenvalue weighted by Gasteiger charge is -2.15. The van der Waals surface area contributed by atoms with E-state index < -0.39 is 0 Å². The second kappa shape index (κ2) is 1.96. The lowest BCUT2D eigenvalue weighted by atomic mass is 10.1. The van der Waals surface area contributed by atoms with E-state index in [1.807, 2.05) is 0 Å². The zero-order valence-electron chi connectivity index (χ0n) is 5.58. The molecule has 2 saturated heterocycles. The molecule has 0 aromatic rings. The first-order chi connectivity index (χ1) is 4.38. The van der Waals surface area contributed by atoms with Gasteiger partial charge in [-0.3, -0.25) is 4.90 Å². The summed E-state index contributed by atoms with van der Waals surface area (Å²) in [6.07, 6.45) is 3.51. The molecule has 2 fully saturated rings. The third kappa shape index (κ3) is 0.775. The topological polar surface area (TPSA) is 23.5 Å². The standard InChI is InChI=1S/C7H13NO/c9-7-3-5-8-4-1-2-6(7)8/h6-7,9H,1-5H2/t6-,7-/m1/s1. The van der Waals surface area contributed by atoms with E-state index in [4.69, 9.17) is 0 Å². The lowest BCUT2D eigenvalue weighted by Crippen LogP contribution is -2.28. The first-order valence-electron chi connectivity index (χ1n) is 3.80. The molecule has 0 aromatic carbocycles. The Bertz CT molecular complexity index is 115. The number of hydrogen-bond donors (Lipinski definition) is 1. The van der Waals surface area contributed by atoms with Crippen LogP contribution in [0.15, 0.2) is 0 Å². The Morgan fingerprint density at radius 2 is 2.11 bits per heavy atom. The summed E-state index contributed by atoms with van der Waals surface area (Å²) in [7, 11) is 0. The van der Waals surface area contributed by atoms with E-state index in [9.17, 15) is 5.11 Å². The van der Waals surface area contributed by atoms with Gasteiger partial charge in [0.1, 0.15) is 0 Å². The molecule has 2 heteroatoms. The highest BCUT2D eigenvalue weighted by Crippen LogP contribution is 2.27. The molecule has 9 heavy (non-hydrogen) atoms. The zero-order chi connectivity index (χ0) is 6.27. The molecule has 2 atom stereocenters. The van der Waals surface area contributed by atoms with Gasteiger partial charge in [0.15, 0.2) is 0 Å². The van der Waals surface area contributed by atoms with Crippen molar-refractivity contribution in [3.05, 3.63) is 0 Å². The van der Waals surface area contributed by atoms with Gasteiger partial charge in [0, 0.05) is 12.6 Å². The van der Waals surface area contributed by atoms with E-state index in [1.54, 1.807) is 0 Å². The van der Waals surface area contributed by atoms with Gasteiger partial charge in [0.2, 0.25) is 0 Å². The highest BCUT2D eigenvalue weighted by molar-refractivity contribution is 4.90. The van der Waals surface area contributed by atoms with E-state index in [2.05, 4.69) is 4.90 Å². The number of rotatable bonds is 0. The van der Waals surface area contributed by atoms with Gasteiger partial charge in [-0.05, 0) is 25.8 Å². The van der Waals surface area contributed by atoms with Crippen molar-refractivity contribution in [1.29, 1.82) is 0 Å². The third-order valence-corrected chi connectivity index (χ3v) is 2.57. The molecule has 2 rings (SSSR count). The molecule has 0 radical (unpaired) electrons. The summed E-state index contributed by atoms with van der Waals surface area (Å²) in [5.41, 5.74) is 0. The van der Waals surface area contributed by atoms with Crippen molar-refractivity contribution in [1.82, 2.24) is 4.90 Å². The molecule has 0 spiro atoms. The predicted molar refractivity (Wildman–Crippen MR) is 35.2 cm³/mol. The normalized spacial score (nSPS) is 43.7. The van der Waals surface area contributed by atoms with Crippen molar-refractivity contribution in [2.75, 3.05) is 13.1 Å². The van der Waals surface area contributed by atoms with Crippen molar-refractivity contribution in [2.45, 2.75) is 31.4 Å². The molecule has 2 nitrogen and oxygen atoms in total. The summed E-state index contributed by atoms with van der Waals surface area (Å²) in [6.45, 7) is 2.35. The van der Waals surface area contributed by atoms with E-state index in [0.29, 0.717) is 6.04 Å². The average Bonchev–Trinajstić information content (AvgIpc) is 2.35. The molecule has 2 heterocycles. The van der Waals surface area contributed by atoms with Crippen LogP contribution in [-0.2, 0) is 0 Å². The summed E-state index contributed by atoms with van der Waals surface area (Å²) in [5, 5.41) is 9.36. The molecular formula is C7H13NO. The Kier molecular flexibility index (Phi) is 1.24. The Labute approximate surface area is 55.5 Å². The van der Waals surface area contributed by atoms with Crippen molar-refractivity contribution in [3.63, 3.8) is 0 Å². The van der Waals surface area contributed by atoms with Crippen molar-refractivity contribution < 1.29 is 5.11 Å². The maximum Gasteiger partial charge on any atom is 0.0707 e. The molecule has 2 aliphatic heterocycles. The number of hydrogen-bond acceptors (Lipinski definition) is 2. The maximum atomic E-state index is 9.36. The van der Waals surface area contributed by atoms with Gasteiger partial charge in [-0.25, -0.2) is 0 Å². The minimum atomic E-state index is -0.00694. The second-order valence-electron chi connectivity index (χ2n) is 3.10. The predicted octanol–water partition coefficient (Wildman–Crippen LogP) is 0.215. The summed E-state index contributed by atoms with van der Waals surface area (Å²) in [4.78, 5) is 2.41. The largest absolute Gasteiger partial charge is 0.391 e. The maximum absolute atomic E-state index is 9.36. The van der Waals surface area contributed by atoms with Gasteiger partial charge in [0.25, 0.3) is 0 Å². The van der Waals surface area contributed by atoms with Crippen LogP contribution in [0, 0.1) is 0 Å². The van der Waals surface area contributed by atoms with E-state index in [-0.39, 0.29) is 6.10 Å². The van der Waals surface area contributed by atoms with Crippen LogP contribution in [0.2, 0.25) is 0 Å². The van der Waals surface area contributed by atoms with Gasteiger partial charge in [0.05, 0.1) is 6.10 Å². The fourth-order valence-electron chi connectivity index (χ4n) is 2.06. The molecule has 2 aliphatic rings. The third-order valence-electron chi connectivity index (χ3n) is 2.57. The van der Waals surface area contributed by atoms with Gasteiger partial charge in [-0.2, -0.15) is 0 Å². The molecule has 0 amide bonds. The molecule has 0 saturated carbocycles. The number of nitrogens with zero attached hydrogens (tertiary/aromatic N) is 1. The van der Waals surface area contributed by atoms with Crippen molar-refractivity contribution in [2.24, 2.45) is 0 Å². The Balaban J connectivity index is 2.07. The van der Waals surface area contributed by atoms with E-state index >= 15 is 0 Å². The smallest absolute Gasteiger partial charge is 0.0707 e. The van der Waals surface area contributed by atoms with E-state index in [0.717, 1.165) is 13.0 Å². The summed E-state index contributed by atoms with van der Waals surface area (Å²) in [6, 6.07) is 0.532. The SMILES string of the molecule is O[C@@H]1CCN2CCC[C@H]12. The Hall–Kier alpha value is -0.0800. The fourth-order valence-corrected chi connectivity index (χ4v) is 2.06. The number of aliphatic hydroxyl groups is 1. The lowest BCUT2D eigenvalue weighted by molar-refractivity contribution is 0.136. The Morgan fingerprint density at radius 3 is 2.89 bits per heavy atom. The number of fused-ring (bicyclic) bond motifs is 1. The zero-order valence-corrected chi connectivity index (χ0v) is 5.58. The van der Waals surface area contributed by atoms with Crippen molar-refractivity contribution in [3.8, 4) is 0 Å². The minimum absolute atomic E-state index is 0.00694. The van der Waals surface area contributed by atoms with Crippen LogP contribution < -0.4 is 0 Å². The molecule has 0 unspecified atom stereocenters. The van der Waals surface area contributed by atoms with Crippen LogP contribution in [0.1, 0.15) is 19.3 Å². The molecule has 0 aliphatic carbocycles. The van der Waals surface area contributed by atoms with E-state index in [1.165, 1.54) is 19.4 Å². The van der Waals surface area contributed by atoms with Crippen LogP contribution >= 0.6 is 0 Å². The molecule has 1 N–H and O–H groups in total. The highest BCUT2D eigenvalue weighted by atomic mass is 16.3. The Morgan fingerprint density at radius 1 is 1.22 bits per heavy atom. The summed E-state index contributed by atoms with van der Waals surface area (Å²) < 4.78 is 0. The molecule has 52 valence electrons. The van der Waals surface area contributed by atoms with Gasteiger partial charge < -0.3 is 5.11 Å². The van der Waals surface area contributed by atoms with Crippen LogP contribution in [0.4, 0.5) is 0 Å². The first kappa shape index (κ1) is 5.69. The fraction of sp³-hybridized carbons (Fsp3) is 1.00. The number of aliphatic hydroxyl groups excluding tert-OH is 1. The quantitative estimate of drug-likeness (QED) is 0.503. The van der Waals surface area contributed by atoms with Crippen LogP contribution in [0.25, 0.3) is 0 Å². The van der Waals surface area contributed by atoms with Crippen LogP contribution in [0.5, 0.6) is 0 Å². The first-order valence-corrected chi connectivity index (χ1v) is 3.80. The summed E-state index contributed by atoms with van der Waals surface area (Å²) >= 11 is 0. The average molecular weight is 127 g/mol. The molecule has 0 aromatic heterocycles. The van der Waals surface area contributed by atoms with Crippen LogP contribution in [0.3, 0.4) is 0 Å². The monoisotopic (exact) mass is 127 g/mol. The van der Waals surface area contributed by atoms with Crippen LogP contribution in [-0.4, -0.2) is 35.2 Å².